The summed E-state index contributed by atoms with van der Waals surface area (Å²) in [7, 11) is 0. The first-order valence-electron chi connectivity index (χ1n) is 6.88. The number of carboxylic acids is 1. The van der Waals surface area contributed by atoms with E-state index in [1.165, 1.54) is 10.9 Å². The lowest BCUT2D eigenvalue weighted by molar-refractivity contribution is -0.123. The fraction of sp³-hybridized carbons (Fsp3) is 0.692. The minimum Gasteiger partial charge on any atom is -0.476 e. The van der Waals surface area contributed by atoms with Crippen LogP contribution in [0, 0.1) is 11.8 Å². The lowest BCUT2D eigenvalue weighted by Crippen LogP contribution is -2.41. The molecule has 3 atom stereocenters. The van der Waals surface area contributed by atoms with Crippen LogP contribution in [0.3, 0.4) is 0 Å². The van der Waals surface area contributed by atoms with E-state index in [0.29, 0.717) is 11.8 Å². The minimum atomic E-state index is -1.15. The molecule has 110 valence electrons. The van der Waals surface area contributed by atoms with Gasteiger partial charge in [-0.3, -0.25) is 4.79 Å². The van der Waals surface area contributed by atoms with Gasteiger partial charge >= 0.3 is 5.97 Å². The van der Waals surface area contributed by atoms with Crippen LogP contribution in [0.4, 0.5) is 0 Å². The highest BCUT2D eigenvalue weighted by Crippen LogP contribution is 2.29. The number of rotatable bonds is 4. The van der Waals surface area contributed by atoms with Crippen molar-refractivity contribution in [2.45, 2.75) is 45.7 Å². The molecular formula is C13H20N4O3. The van der Waals surface area contributed by atoms with E-state index in [2.05, 4.69) is 29.5 Å². The monoisotopic (exact) mass is 280 g/mol. The molecule has 0 radical (unpaired) electrons. The Bertz CT molecular complexity index is 500. The molecule has 1 aromatic rings. The molecule has 20 heavy (non-hydrogen) atoms. The Labute approximate surface area is 117 Å². The largest absolute Gasteiger partial charge is 0.476 e. The molecule has 1 aliphatic carbocycles. The highest BCUT2D eigenvalue weighted by atomic mass is 16.4. The average Bonchev–Trinajstić information content (AvgIpc) is 2.82. The highest BCUT2D eigenvalue weighted by molar-refractivity contribution is 5.84. The maximum atomic E-state index is 11.9. The first-order chi connectivity index (χ1) is 9.45. The van der Waals surface area contributed by atoms with Gasteiger partial charge in [-0.05, 0) is 31.1 Å². The predicted molar refractivity (Wildman–Crippen MR) is 71.1 cm³/mol. The van der Waals surface area contributed by atoms with Gasteiger partial charge in [-0.1, -0.05) is 19.1 Å². The molecular weight excluding hydrogens is 260 g/mol. The van der Waals surface area contributed by atoms with Gasteiger partial charge in [-0.25, -0.2) is 9.48 Å². The maximum Gasteiger partial charge on any atom is 0.358 e. The molecule has 0 aromatic carbocycles. The van der Waals surface area contributed by atoms with Crippen LogP contribution in [0.1, 0.15) is 43.6 Å². The molecule has 3 unspecified atom stereocenters. The number of carbonyl (C=O) groups excluding carboxylic acids is 1. The van der Waals surface area contributed by atoms with Crippen molar-refractivity contribution >= 4 is 11.9 Å². The zero-order chi connectivity index (χ0) is 14.7. The quantitative estimate of drug-likeness (QED) is 0.854. The second-order valence-corrected chi connectivity index (χ2v) is 5.64. The summed E-state index contributed by atoms with van der Waals surface area (Å²) < 4.78 is 1.24. The summed E-state index contributed by atoms with van der Waals surface area (Å²) in [4.78, 5) is 22.6. The molecule has 1 fully saturated rings. The van der Waals surface area contributed by atoms with Crippen LogP contribution < -0.4 is 5.32 Å². The first kappa shape index (κ1) is 14.5. The van der Waals surface area contributed by atoms with Crippen LogP contribution >= 0.6 is 0 Å². The van der Waals surface area contributed by atoms with E-state index < -0.39 is 5.97 Å². The highest BCUT2D eigenvalue weighted by Gasteiger charge is 2.25. The number of carboxylic acid groups (broad SMARTS) is 1. The number of hydrogen-bond acceptors (Lipinski definition) is 4. The van der Waals surface area contributed by atoms with E-state index in [0.717, 1.165) is 19.3 Å². The van der Waals surface area contributed by atoms with Gasteiger partial charge in [-0.15, -0.1) is 5.10 Å². The fourth-order valence-electron chi connectivity index (χ4n) is 2.57. The number of carbonyl (C=O) groups is 2. The molecule has 1 aromatic heterocycles. The molecule has 2 rings (SSSR count). The number of hydrogen-bond donors (Lipinski definition) is 2. The lowest BCUT2D eigenvalue weighted by atomic mass is 9.79. The van der Waals surface area contributed by atoms with Crippen molar-refractivity contribution < 1.29 is 14.7 Å². The molecule has 0 spiro atoms. The van der Waals surface area contributed by atoms with Crippen LogP contribution in [0.2, 0.25) is 0 Å². The fourth-order valence-corrected chi connectivity index (χ4v) is 2.57. The van der Waals surface area contributed by atoms with Crippen LogP contribution in [-0.4, -0.2) is 38.0 Å². The van der Waals surface area contributed by atoms with Crippen LogP contribution in [0.5, 0.6) is 0 Å². The predicted octanol–water partition coefficient (Wildman–Crippen LogP) is 0.917. The first-order valence-corrected chi connectivity index (χ1v) is 6.88. The second-order valence-electron chi connectivity index (χ2n) is 5.64. The van der Waals surface area contributed by atoms with Crippen molar-refractivity contribution in [3.05, 3.63) is 11.9 Å². The number of nitrogens with one attached hydrogen (secondary N) is 1. The Balaban J connectivity index is 1.84. The van der Waals surface area contributed by atoms with E-state index in [4.69, 9.17) is 5.11 Å². The van der Waals surface area contributed by atoms with E-state index in [1.54, 1.807) is 0 Å². The third-order valence-corrected chi connectivity index (χ3v) is 4.03. The maximum absolute atomic E-state index is 11.9. The second kappa shape index (κ2) is 6.02. The van der Waals surface area contributed by atoms with Gasteiger partial charge in [0.2, 0.25) is 5.91 Å². The molecule has 1 aliphatic rings. The number of amides is 1. The zero-order valence-electron chi connectivity index (χ0n) is 11.7. The molecule has 1 saturated carbocycles. The summed E-state index contributed by atoms with van der Waals surface area (Å²) in [6.07, 6.45) is 4.37. The molecule has 7 nitrogen and oxygen atoms in total. The number of aromatic carboxylic acids is 1. The average molecular weight is 280 g/mol. The molecule has 7 heteroatoms. The van der Waals surface area contributed by atoms with Crippen LogP contribution in [0.25, 0.3) is 0 Å². The summed E-state index contributed by atoms with van der Waals surface area (Å²) in [5.41, 5.74) is -0.155. The summed E-state index contributed by atoms with van der Waals surface area (Å²) in [5.74, 6) is 0.0148. The van der Waals surface area contributed by atoms with Crippen molar-refractivity contribution in [3.8, 4) is 0 Å². The van der Waals surface area contributed by atoms with Gasteiger partial charge < -0.3 is 10.4 Å². The smallest absolute Gasteiger partial charge is 0.358 e. The van der Waals surface area contributed by atoms with Gasteiger partial charge in [0.15, 0.2) is 5.69 Å². The Morgan fingerprint density at radius 1 is 1.40 bits per heavy atom. The normalized spacial score (nSPS) is 26.2. The Morgan fingerprint density at radius 2 is 2.15 bits per heavy atom. The van der Waals surface area contributed by atoms with E-state index in [-0.39, 0.29) is 24.2 Å². The molecule has 0 saturated heterocycles. The Morgan fingerprint density at radius 3 is 2.75 bits per heavy atom. The lowest BCUT2D eigenvalue weighted by Gasteiger charge is -2.32. The third kappa shape index (κ3) is 3.55. The van der Waals surface area contributed by atoms with Gasteiger partial charge in [-0.2, -0.15) is 0 Å². The van der Waals surface area contributed by atoms with Crippen molar-refractivity contribution in [2.24, 2.45) is 11.8 Å². The zero-order valence-corrected chi connectivity index (χ0v) is 11.7. The number of nitrogens with zero attached hydrogens (tertiary/aromatic N) is 3. The third-order valence-electron chi connectivity index (χ3n) is 4.03. The van der Waals surface area contributed by atoms with Crippen molar-refractivity contribution in [3.63, 3.8) is 0 Å². The van der Waals surface area contributed by atoms with Gasteiger partial charge in [0.25, 0.3) is 0 Å². The van der Waals surface area contributed by atoms with E-state index in [9.17, 15) is 9.59 Å². The molecule has 1 amide bonds. The van der Waals surface area contributed by atoms with Crippen LogP contribution in [-0.2, 0) is 11.3 Å². The molecule has 0 bridgehead atoms. The minimum absolute atomic E-state index is 0.000709. The van der Waals surface area contributed by atoms with Gasteiger partial charge in [0, 0.05) is 6.04 Å². The van der Waals surface area contributed by atoms with Crippen molar-refractivity contribution in [1.29, 1.82) is 0 Å². The summed E-state index contributed by atoms with van der Waals surface area (Å²) >= 11 is 0. The van der Waals surface area contributed by atoms with Gasteiger partial charge in [0.1, 0.15) is 6.54 Å². The Kier molecular flexibility index (Phi) is 4.36. The topological polar surface area (TPSA) is 97.1 Å². The SMILES string of the molecule is CC1CCC(NC(=O)Cn2cc(C(=O)O)nn2)CC1C. The Hall–Kier alpha value is -1.92. The van der Waals surface area contributed by atoms with E-state index in [1.807, 2.05) is 0 Å². The summed E-state index contributed by atoms with van der Waals surface area (Å²) in [6, 6.07) is 0.205. The molecule has 2 N–H and O–H groups in total. The van der Waals surface area contributed by atoms with Crippen molar-refractivity contribution in [1.82, 2.24) is 20.3 Å². The summed E-state index contributed by atoms with van der Waals surface area (Å²) in [6.45, 7) is 4.45. The summed E-state index contributed by atoms with van der Waals surface area (Å²) in [5, 5.41) is 18.8. The standard InChI is InChI=1S/C13H20N4O3/c1-8-3-4-10(5-9(8)2)14-12(18)7-17-6-11(13(19)20)15-16-17/h6,8-10H,3-5,7H2,1-2H3,(H,14,18)(H,19,20). The van der Waals surface area contributed by atoms with E-state index >= 15 is 0 Å². The molecule has 0 aliphatic heterocycles. The molecule has 1 heterocycles. The number of aromatic nitrogens is 3. The van der Waals surface area contributed by atoms with Crippen LogP contribution in [0.15, 0.2) is 6.20 Å². The van der Waals surface area contributed by atoms with Gasteiger partial charge in [0.05, 0.1) is 6.20 Å². The van der Waals surface area contributed by atoms with Crippen molar-refractivity contribution in [2.75, 3.05) is 0 Å².